The molecule has 2 nitrogen and oxygen atoms in total. The first kappa shape index (κ1) is 12.7. The van der Waals surface area contributed by atoms with Gasteiger partial charge in [0.05, 0.1) is 6.10 Å². The molecule has 0 spiro atoms. The van der Waals surface area contributed by atoms with Crippen molar-refractivity contribution in [3.8, 4) is 0 Å². The fourth-order valence-electron chi connectivity index (χ4n) is 1.19. The molecular formula is C11H23NO. The average molecular weight is 185 g/mol. The summed E-state index contributed by atoms with van der Waals surface area (Å²) in [6.45, 7) is 7.22. The molecule has 13 heavy (non-hydrogen) atoms. The molecular weight excluding hydrogens is 162 g/mol. The first-order chi connectivity index (χ1) is 6.04. The van der Waals surface area contributed by atoms with Gasteiger partial charge >= 0.3 is 0 Å². The summed E-state index contributed by atoms with van der Waals surface area (Å²) in [6.07, 6.45) is 6.67. The first-order valence-electron chi connectivity index (χ1n) is 4.92. The number of rotatable bonds is 6. The third-order valence-corrected chi connectivity index (χ3v) is 2.71. The summed E-state index contributed by atoms with van der Waals surface area (Å²) in [7, 11) is 1.77. The van der Waals surface area contributed by atoms with E-state index in [0.29, 0.717) is 12.6 Å². The van der Waals surface area contributed by atoms with Crippen LogP contribution in [-0.2, 0) is 4.74 Å². The Morgan fingerprint density at radius 1 is 1.38 bits per heavy atom. The smallest absolute Gasteiger partial charge is 0.0594 e. The lowest BCUT2D eigenvalue weighted by molar-refractivity contribution is 0.0167. The van der Waals surface area contributed by atoms with Crippen LogP contribution in [0.2, 0.25) is 0 Å². The molecule has 0 radical (unpaired) electrons. The zero-order valence-corrected chi connectivity index (χ0v) is 9.34. The largest absolute Gasteiger partial charge is 0.381 e. The Labute approximate surface area is 82.2 Å². The van der Waals surface area contributed by atoms with Crippen molar-refractivity contribution < 1.29 is 4.74 Å². The van der Waals surface area contributed by atoms with Crippen molar-refractivity contribution in [3.63, 3.8) is 0 Å². The van der Waals surface area contributed by atoms with Crippen molar-refractivity contribution in [1.82, 2.24) is 0 Å². The molecule has 1 atom stereocenters. The van der Waals surface area contributed by atoms with E-state index in [-0.39, 0.29) is 5.41 Å². The Hall–Kier alpha value is -0.340. The molecule has 0 aromatic carbocycles. The van der Waals surface area contributed by atoms with Gasteiger partial charge < -0.3 is 10.5 Å². The van der Waals surface area contributed by atoms with Gasteiger partial charge in [0, 0.05) is 13.7 Å². The molecule has 0 rings (SSSR count). The van der Waals surface area contributed by atoms with Gasteiger partial charge in [0.15, 0.2) is 0 Å². The summed E-state index contributed by atoms with van der Waals surface area (Å²) < 4.78 is 5.32. The van der Waals surface area contributed by atoms with Crippen LogP contribution in [0.1, 0.15) is 33.6 Å². The van der Waals surface area contributed by atoms with Crippen LogP contribution in [0.15, 0.2) is 12.2 Å². The average Bonchev–Trinajstić information content (AvgIpc) is 2.11. The lowest BCUT2D eigenvalue weighted by Crippen LogP contribution is -2.28. The Morgan fingerprint density at radius 3 is 2.46 bits per heavy atom. The summed E-state index contributed by atoms with van der Waals surface area (Å²) in [6, 6.07) is 0. The minimum absolute atomic E-state index is 0.244. The van der Waals surface area contributed by atoms with E-state index >= 15 is 0 Å². The Bertz CT molecular complexity index is 152. The van der Waals surface area contributed by atoms with Crippen molar-refractivity contribution >= 4 is 0 Å². The topological polar surface area (TPSA) is 35.2 Å². The van der Waals surface area contributed by atoms with Crippen LogP contribution in [0, 0.1) is 5.41 Å². The molecule has 0 bridgehead atoms. The van der Waals surface area contributed by atoms with Crippen molar-refractivity contribution in [3.05, 3.63) is 12.2 Å². The van der Waals surface area contributed by atoms with Crippen molar-refractivity contribution in [2.45, 2.75) is 39.7 Å². The van der Waals surface area contributed by atoms with Gasteiger partial charge in [-0.1, -0.05) is 26.0 Å². The van der Waals surface area contributed by atoms with Crippen molar-refractivity contribution in [1.29, 1.82) is 0 Å². The predicted octanol–water partition coefficient (Wildman–Crippen LogP) is 2.34. The molecule has 0 aliphatic rings. The van der Waals surface area contributed by atoms with Crippen molar-refractivity contribution in [2.24, 2.45) is 11.1 Å². The molecule has 0 fully saturated rings. The summed E-state index contributed by atoms with van der Waals surface area (Å²) >= 11 is 0. The monoisotopic (exact) mass is 185 g/mol. The minimum atomic E-state index is 0.244. The van der Waals surface area contributed by atoms with Crippen LogP contribution in [0.5, 0.6) is 0 Å². The molecule has 0 saturated heterocycles. The van der Waals surface area contributed by atoms with Crippen LogP contribution in [-0.4, -0.2) is 19.8 Å². The molecule has 0 amide bonds. The fraction of sp³-hybridized carbons (Fsp3) is 0.818. The van der Waals surface area contributed by atoms with E-state index < -0.39 is 0 Å². The van der Waals surface area contributed by atoms with E-state index in [2.05, 4.69) is 26.8 Å². The standard InChI is InChI=1S/C11H23NO/c1-10(13-4)11(2,3)8-6-5-7-9-12/h5,7,10H,6,8-9,12H2,1-4H3/b7-5+. The number of hydrogen-bond donors (Lipinski definition) is 1. The number of methoxy groups -OCH3 is 1. The van der Waals surface area contributed by atoms with Crippen LogP contribution < -0.4 is 5.73 Å². The van der Waals surface area contributed by atoms with E-state index in [9.17, 15) is 0 Å². The molecule has 0 aliphatic carbocycles. The normalized spacial score (nSPS) is 15.2. The van der Waals surface area contributed by atoms with Gasteiger partial charge in [-0.2, -0.15) is 0 Å². The van der Waals surface area contributed by atoms with E-state index in [1.165, 1.54) is 0 Å². The van der Waals surface area contributed by atoms with Gasteiger partial charge in [-0.15, -0.1) is 0 Å². The highest BCUT2D eigenvalue weighted by molar-refractivity contribution is 4.86. The van der Waals surface area contributed by atoms with Gasteiger partial charge in [0.25, 0.3) is 0 Å². The highest BCUT2D eigenvalue weighted by Gasteiger charge is 2.24. The Balaban J connectivity index is 3.81. The van der Waals surface area contributed by atoms with Gasteiger partial charge in [-0.25, -0.2) is 0 Å². The molecule has 0 saturated carbocycles. The van der Waals surface area contributed by atoms with E-state index in [1.807, 2.05) is 6.08 Å². The Kier molecular flexibility index (Phi) is 6.00. The molecule has 0 aromatic heterocycles. The molecule has 0 aromatic rings. The number of allylic oxidation sites excluding steroid dienone is 1. The maximum atomic E-state index is 5.35. The summed E-state index contributed by atoms with van der Waals surface area (Å²) in [5.41, 5.74) is 5.60. The lowest BCUT2D eigenvalue weighted by Gasteiger charge is -2.30. The maximum absolute atomic E-state index is 5.35. The fourth-order valence-corrected chi connectivity index (χ4v) is 1.19. The van der Waals surface area contributed by atoms with Gasteiger partial charge in [-0.05, 0) is 25.2 Å². The van der Waals surface area contributed by atoms with Gasteiger partial charge in [-0.3, -0.25) is 0 Å². The summed E-state index contributed by atoms with van der Waals surface area (Å²) in [4.78, 5) is 0. The van der Waals surface area contributed by atoms with Crippen LogP contribution in [0.4, 0.5) is 0 Å². The molecule has 78 valence electrons. The second-order valence-electron chi connectivity index (χ2n) is 4.11. The second-order valence-corrected chi connectivity index (χ2v) is 4.11. The maximum Gasteiger partial charge on any atom is 0.0594 e. The highest BCUT2D eigenvalue weighted by atomic mass is 16.5. The van der Waals surface area contributed by atoms with E-state index in [0.717, 1.165) is 12.8 Å². The zero-order chi connectivity index (χ0) is 10.3. The molecule has 0 heterocycles. The van der Waals surface area contributed by atoms with Crippen LogP contribution >= 0.6 is 0 Å². The quantitative estimate of drug-likeness (QED) is 0.645. The van der Waals surface area contributed by atoms with E-state index in [1.54, 1.807) is 7.11 Å². The third kappa shape index (κ3) is 5.06. The molecule has 0 aliphatic heterocycles. The van der Waals surface area contributed by atoms with Gasteiger partial charge in [0.2, 0.25) is 0 Å². The van der Waals surface area contributed by atoms with Crippen LogP contribution in [0.3, 0.4) is 0 Å². The Morgan fingerprint density at radius 2 is 2.00 bits per heavy atom. The number of nitrogens with two attached hydrogens (primary N) is 1. The molecule has 2 heteroatoms. The second kappa shape index (κ2) is 6.17. The SMILES string of the molecule is COC(C)C(C)(C)CC/C=C/CN. The van der Waals surface area contributed by atoms with Crippen LogP contribution in [0.25, 0.3) is 0 Å². The zero-order valence-electron chi connectivity index (χ0n) is 9.34. The third-order valence-electron chi connectivity index (χ3n) is 2.71. The van der Waals surface area contributed by atoms with Gasteiger partial charge in [0.1, 0.15) is 0 Å². The number of ether oxygens (including phenoxy) is 1. The molecule has 1 unspecified atom stereocenters. The number of hydrogen-bond acceptors (Lipinski definition) is 2. The summed E-state index contributed by atoms with van der Waals surface area (Å²) in [5.74, 6) is 0. The highest BCUT2D eigenvalue weighted by Crippen LogP contribution is 2.28. The summed E-state index contributed by atoms with van der Waals surface area (Å²) in [5, 5.41) is 0. The lowest BCUT2D eigenvalue weighted by atomic mass is 9.82. The predicted molar refractivity (Wildman–Crippen MR) is 57.7 cm³/mol. The molecule has 2 N–H and O–H groups in total. The minimum Gasteiger partial charge on any atom is -0.381 e. The van der Waals surface area contributed by atoms with Crippen molar-refractivity contribution in [2.75, 3.05) is 13.7 Å². The van der Waals surface area contributed by atoms with E-state index in [4.69, 9.17) is 10.5 Å². The first-order valence-corrected chi connectivity index (χ1v) is 4.92.